The Labute approximate surface area is 57.6 Å². The summed E-state index contributed by atoms with van der Waals surface area (Å²) in [7, 11) is 0. The van der Waals surface area contributed by atoms with Crippen molar-refractivity contribution in [2.75, 3.05) is 0 Å². The highest BCUT2D eigenvalue weighted by Gasteiger charge is 2.39. The molecule has 1 aliphatic rings. The van der Waals surface area contributed by atoms with Gasteiger partial charge < -0.3 is 5.73 Å². The van der Waals surface area contributed by atoms with Crippen molar-refractivity contribution >= 4 is 0 Å². The molecule has 0 aromatic rings. The van der Waals surface area contributed by atoms with Crippen molar-refractivity contribution in [3.8, 4) is 0 Å². The van der Waals surface area contributed by atoms with E-state index in [0.29, 0.717) is 11.5 Å². The van der Waals surface area contributed by atoms with Crippen molar-refractivity contribution in [2.45, 2.75) is 39.7 Å². The van der Waals surface area contributed by atoms with Crippen LogP contribution >= 0.6 is 0 Å². The highest BCUT2D eigenvalue weighted by atomic mass is 14.7. The highest BCUT2D eigenvalue weighted by Crippen LogP contribution is 2.46. The van der Waals surface area contributed by atoms with Crippen molar-refractivity contribution in [1.82, 2.24) is 0 Å². The molecule has 0 aromatic heterocycles. The van der Waals surface area contributed by atoms with Crippen LogP contribution in [0, 0.1) is 11.3 Å². The molecule has 9 heavy (non-hydrogen) atoms. The first-order valence-electron chi connectivity index (χ1n) is 3.80. The largest absolute Gasteiger partial charge is 0.327 e. The maximum Gasteiger partial charge on any atom is 0.00643 e. The van der Waals surface area contributed by atoms with Gasteiger partial charge in [0.15, 0.2) is 0 Å². The van der Waals surface area contributed by atoms with Crippen LogP contribution in [0.4, 0.5) is 0 Å². The number of hydrogen-bond acceptors (Lipinski definition) is 1. The Hall–Kier alpha value is -0.0400. The predicted octanol–water partition coefficient (Wildman–Crippen LogP) is 1.77. The fourth-order valence-electron chi connectivity index (χ4n) is 1.20. The molecule has 0 heterocycles. The van der Waals surface area contributed by atoms with E-state index in [1.807, 2.05) is 0 Å². The minimum atomic E-state index is 0.352. The van der Waals surface area contributed by atoms with Gasteiger partial charge in [0.05, 0.1) is 0 Å². The molecule has 0 bridgehead atoms. The second-order valence-corrected chi connectivity index (χ2v) is 3.88. The third kappa shape index (κ3) is 1.26. The maximum absolute atomic E-state index is 5.81. The average Bonchev–Trinajstić information content (AvgIpc) is 2.42. The summed E-state index contributed by atoms with van der Waals surface area (Å²) in [5.41, 5.74) is 6.20. The lowest BCUT2D eigenvalue weighted by atomic mass is 9.81. The van der Waals surface area contributed by atoms with E-state index >= 15 is 0 Å². The van der Waals surface area contributed by atoms with Gasteiger partial charge in [0, 0.05) is 6.04 Å². The molecule has 0 saturated heterocycles. The van der Waals surface area contributed by atoms with Crippen LogP contribution in [0.2, 0.25) is 0 Å². The Kier molecular flexibility index (Phi) is 1.55. The van der Waals surface area contributed by atoms with Crippen molar-refractivity contribution in [3.63, 3.8) is 0 Å². The normalized spacial score (nSPS) is 24.0. The van der Waals surface area contributed by atoms with Gasteiger partial charge in [-0.25, -0.2) is 0 Å². The molecular formula is C8H17N. The van der Waals surface area contributed by atoms with Crippen LogP contribution in [-0.2, 0) is 0 Å². The molecule has 0 spiro atoms. The smallest absolute Gasteiger partial charge is 0.00643 e. The van der Waals surface area contributed by atoms with Crippen LogP contribution < -0.4 is 5.73 Å². The van der Waals surface area contributed by atoms with Gasteiger partial charge in [-0.3, -0.25) is 0 Å². The van der Waals surface area contributed by atoms with Crippen LogP contribution in [0.1, 0.15) is 33.6 Å². The topological polar surface area (TPSA) is 26.0 Å². The van der Waals surface area contributed by atoms with E-state index in [1.165, 1.54) is 12.8 Å². The van der Waals surface area contributed by atoms with E-state index in [9.17, 15) is 0 Å². The Balaban J connectivity index is 2.48. The van der Waals surface area contributed by atoms with Crippen LogP contribution in [0.3, 0.4) is 0 Å². The van der Waals surface area contributed by atoms with Gasteiger partial charge in [-0.05, 0) is 31.1 Å². The van der Waals surface area contributed by atoms with Crippen LogP contribution in [0.25, 0.3) is 0 Å². The number of nitrogens with two attached hydrogens (primary N) is 1. The van der Waals surface area contributed by atoms with Gasteiger partial charge in [-0.2, -0.15) is 0 Å². The summed E-state index contributed by atoms with van der Waals surface area (Å²) in [6, 6.07) is 0.352. The first-order chi connectivity index (χ1) is 4.05. The quantitative estimate of drug-likeness (QED) is 0.601. The molecule has 0 unspecified atom stereocenters. The third-order valence-corrected chi connectivity index (χ3v) is 2.80. The molecule has 1 heteroatoms. The standard InChI is InChI=1S/C8H17N/c1-6(9)8(2,3)7-4-5-7/h6-7H,4-5,9H2,1-3H3/t6-/m1/s1. The number of rotatable bonds is 2. The van der Waals surface area contributed by atoms with Gasteiger partial charge in [-0.15, -0.1) is 0 Å². The summed E-state index contributed by atoms with van der Waals surface area (Å²) in [5.74, 6) is 0.914. The van der Waals surface area contributed by atoms with Crippen molar-refractivity contribution in [1.29, 1.82) is 0 Å². The van der Waals surface area contributed by atoms with E-state index < -0.39 is 0 Å². The second kappa shape index (κ2) is 1.98. The maximum atomic E-state index is 5.81. The summed E-state index contributed by atoms with van der Waals surface area (Å²) in [4.78, 5) is 0. The van der Waals surface area contributed by atoms with Gasteiger partial charge in [0.25, 0.3) is 0 Å². The molecule has 2 N–H and O–H groups in total. The molecule has 0 aromatic carbocycles. The zero-order chi connectivity index (χ0) is 7.07. The summed E-state index contributed by atoms with van der Waals surface area (Å²) >= 11 is 0. The van der Waals surface area contributed by atoms with Gasteiger partial charge >= 0.3 is 0 Å². The monoisotopic (exact) mass is 127 g/mol. The van der Waals surface area contributed by atoms with E-state index in [-0.39, 0.29) is 0 Å². The van der Waals surface area contributed by atoms with Crippen LogP contribution in [0.15, 0.2) is 0 Å². The molecule has 0 radical (unpaired) electrons. The average molecular weight is 127 g/mol. The Morgan fingerprint density at radius 1 is 1.44 bits per heavy atom. The van der Waals surface area contributed by atoms with E-state index in [2.05, 4.69) is 20.8 Å². The van der Waals surface area contributed by atoms with Crippen LogP contribution in [0.5, 0.6) is 0 Å². The SMILES string of the molecule is C[C@@H](N)C(C)(C)C1CC1. The lowest BCUT2D eigenvalue weighted by molar-refractivity contribution is 0.255. The molecule has 1 aliphatic carbocycles. The lowest BCUT2D eigenvalue weighted by Gasteiger charge is -2.28. The predicted molar refractivity (Wildman–Crippen MR) is 40.2 cm³/mol. The molecule has 1 nitrogen and oxygen atoms in total. The fraction of sp³-hybridized carbons (Fsp3) is 1.00. The zero-order valence-corrected chi connectivity index (χ0v) is 6.65. The van der Waals surface area contributed by atoms with Gasteiger partial charge in [0.2, 0.25) is 0 Å². The molecule has 1 saturated carbocycles. The van der Waals surface area contributed by atoms with Gasteiger partial charge in [-0.1, -0.05) is 13.8 Å². The second-order valence-electron chi connectivity index (χ2n) is 3.88. The molecule has 1 fully saturated rings. The Bertz CT molecular complexity index is 97.1. The van der Waals surface area contributed by atoms with E-state index in [4.69, 9.17) is 5.73 Å². The van der Waals surface area contributed by atoms with E-state index in [0.717, 1.165) is 5.92 Å². The summed E-state index contributed by atoms with van der Waals surface area (Å²) < 4.78 is 0. The van der Waals surface area contributed by atoms with Crippen LogP contribution in [-0.4, -0.2) is 6.04 Å². The fourth-order valence-corrected chi connectivity index (χ4v) is 1.20. The highest BCUT2D eigenvalue weighted by molar-refractivity contribution is 4.92. The molecular weight excluding hydrogens is 110 g/mol. The third-order valence-electron chi connectivity index (χ3n) is 2.80. The first-order valence-corrected chi connectivity index (χ1v) is 3.80. The summed E-state index contributed by atoms with van der Waals surface area (Å²) in [5, 5.41) is 0. The Morgan fingerprint density at radius 3 is 2.00 bits per heavy atom. The minimum Gasteiger partial charge on any atom is -0.327 e. The summed E-state index contributed by atoms with van der Waals surface area (Å²) in [6.07, 6.45) is 2.79. The Morgan fingerprint density at radius 2 is 1.89 bits per heavy atom. The lowest BCUT2D eigenvalue weighted by Crippen LogP contribution is -2.36. The van der Waals surface area contributed by atoms with Crippen molar-refractivity contribution in [2.24, 2.45) is 17.1 Å². The number of hydrogen-bond donors (Lipinski definition) is 1. The zero-order valence-electron chi connectivity index (χ0n) is 6.65. The van der Waals surface area contributed by atoms with E-state index in [1.54, 1.807) is 0 Å². The summed E-state index contributed by atoms with van der Waals surface area (Å²) in [6.45, 7) is 6.66. The molecule has 54 valence electrons. The first kappa shape index (κ1) is 7.07. The minimum absolute atomic E-state index is 0.352. The van der Waals surface area contributed by atoms with Crippen molar-refractivity contribution in [3.05, 3.63) is 0 Å². The molecule has 1 atom stereocenters. The molecule has 0 amide bonds. The molecule has 0 aliphatic heterocycles. The van der Waals surface area contributed by atoms with Gasteiger partial charge in [0.1, 0.15) is 0 Å². The molecule has 1 rings (SSSR count). The van der Waals surface area contributed by atoms with Crippen molar-refractivity contribution < 1.29 is 0 Å².